The number of hydrogen-bond donors (Lipinski definition) is 2. The van der Waals surface area contributed by atoms with E-state index in [0.29, 0.717) is 41.3 Å². The van der Waals surface area contributed by atoms with Gasteiger partial charge in [-0.25, -0.2) is 0 Å². The maximum atomic E-state index is 12.6. The van der Waals surface area contributed by atoms with Crippen molar-refractivity contribution in [1.82, 2.24) is 10.3 Å². The molecule has 1 amide bonds. The highest BCUT2D eigenvalue weighted by Gasteiger charge is 2.17. The van der Waals surface area contributed by atoms with Crippen LogP contribution in [-0.4, -0.2) is 38.8 Å². The summed E-state index contributed by atoms with van der Waals surface area (Å²) in [7, 11) is 4.49. The van der Waals surface area contributed by atoms with Gasteiger partial charge in [0, 0.05) is 17.7 Å². The molecule has 0 aliphatic carbocycles. The Balaban J connectivity index is 1.75. The molecule has 3 rings (SSSR count). The van der Waals surface area contributed by atoms with Gasteiger partial charge < -0.3 is 24.5 Å². The Morgan fingerprint density at radius 1 is 1.00 bits per heavy atom. The quantitative estimate of drug-likeness (QED) is 0.625. The number of aromatic nitrogens is 1. The third-order valence-electron chi connectivity index (χ3n) is 5.23. The maximum absolute atomic E-state index is 12.6. The van der Waals surface area contributed by atoms with Crippen LogP contribution in [-0.2, 0) is 6.42 Å². The van der Waals surface area contributed by atoms with Crippen molar-refractivity contribution in [2.45, 2.75) is 20.3 Å². The van der Waals surface area contributed by atoms with Gasteiger partial charge in [0.1, 0.15) is 0 Å². The van der Waals surface area contributed by atoms with Gasteiger partial charge in [-0.3, -0.25) is 9.59 Å². The summed E-state index contributed by atoms with van der Waals surface area (Å²) in [4.78, 5) is 28.0. The first-order valence-corrected chi connectivity index (χ1v) is 9.60. The second kappa shape index (κ2) is 8.90. The van der Waals surface area contributed by atoms with Crippen LogP contribution in [0.15, 0.2) is 35.1 Å². The fraction of sp³-hybridized carbons (Fsp3) is 0.304. The van der Waals surface area contributed by atoms with Crippen LogP contribution in [0.3, 0.4) is 0 Å². The summed E-state index contributed by atoms with van der Waals surface area (Å²) >= 11 is 0. The lowest BCUT2D eigenvalue weighted by molar-refractivity contribution is 0.0953. The molecule has 7 nitrogen and oxygen atoms in total. The van der Waals surface area contributed by atoms with Crippen molar-refractivity contribution >= 4 is 16.8 Å². The molecule has 1 heterocycles. The number of aromatic amines is 1. The highest BCUT2D eigenvalue weighted by atomic mass is 16.5. The first-order chi connectivity index (χ1) is 14.4. The van der Waals surface area contributed by atoms with Gasteiger partial charge in [-0.15, -0.1) is 0 Å². The van der Waals surface area contributed by atoms with Crippen molar-refractivity contribution in [3.63, 3.8) is 0 Å². The molecule has 2 N–H and O–H groups in total. The van der Waals surface area contributed by atoms with Crippen LogP contribution in [0.4, 0.5) is 0 Å². The van der Waals surface area contributed by atoms with E-state index in [9.17, 15) is 9.59 Å². The monoisotopic (exact) mass is 410 g/mol. The average Bonchev–Trinajstić information content (AvgIpc) is 2.76. The van der Waals surface area contributed by atoms with Crippen LogP contribution in [0.2, 0.25) is 0 Å². The predicted octanol–water partition coefficient (Wildman–Crippen LogP) is 3.14. The van der Waals surface area contributed by atoms with Crippen LogP contribution in [0.25, 0.3) is 10.9 Å². The number of fused-ring (bicyclic) bond motifs is 1. The number of H-pyrrole nitrogens is 1. The molecule has 0 radical (unpaired) electrons. The summed E-state index contributed by atoms with van der Waals surface area (Å²) in [6.45, 7) is 4.32. The number of hydrogen-bond acceptors (Lipinski definition) is 5. The van der Waals surface area contributed by atoms with Crippen molar-refractivity contribution in [3.8, 4) is 17.2 Å². The molecule has 158 valence electrons. The lowest BCUT2D eigenvalue weighted by Crippen LogP contribution is -2.27. The molecule has 0 unspecified atom stereocenters. The number of carbonyl (C=O) groups excluding carboxylic acids is 1. The average molecular weight is 410 g/mol. The van der Waals surface area contributed by atoms with Crippen LogP contribution >= 0.6 is 0 Å². The summed E-state index contributed by atoms with van der Waals surface area (Å²) in [6.07, 6.45) is 0.411. The van der Waals surface area contributed by atoms with Gasteiger partial charge in [0.25, 0.3) is 11.5 Å². The van der Waals surface area contributed by atoms with E-state index < -0.39 is 0 Å². The molecule has 3 aromatic rings. The second-order valence-electron chi connectivity index (χ2n) is 7.02. The molecular formula is C23H26N2O5. The smallest absolute Gasteiger partial charge is 0.251 e. The van der Waals surface area contributed by atoms with Gasteiger partial charge in [-0.1, -0.05) is 12.1 Å². The number of rotatable bonds is 7. The lowest BCUT2D eigenvalue weighted by Gasteiger charge is -2.14. The Kier molecular flexibility index (Phi) is 6.30. The molecule has 0 atom stereocenters. The summed E-state index contributed by atoms with van der Waals surface area (Å²) in [6, 6.07) is 9.08. The molecule has 0 aliphatic heterocycles. The van der Waals surface area contributed by atoms with Gasteiger partial charge in [0.15, 0.2) is 11.5 Å². The summed E-state index contributed by atoms with van der Waals surface area (Å²) < 4.78 is 15.9. The zero-order chi connectivity index (χ0) is 21.8. The van der Waals surface area contributed by atoms with Crippen LogP contribution in [0, 0.1) is 13.8 Å². The predicted molar refractivity (Wildman–Crippen MR) is 116 cm³/mol. The SMILES string of the molecule is COc1cc(C(=O)NCCc2cc3ccc(C)c(C)c3[nH]c2=O)cc(OC)c1OC. The highest BCUT2D eigenvalue weighted by molar-refractivity contribution is 5.95. The zero-order valence-electron chi connectivity index (χ0n) is 17.8. The van der Waals surface area contributed by atoms with Crippen LogP contribution in [0.5, 0.6) is 17.2 Å². The van der Waals surface area contributed by atoms with Gasteiger partial charge >= 0.3 is 0 Å². The number of benzene rings is 2. The number of amides is 1. The standard InChI is InChI=1S/C23H26N2O5/c1-13-6-7-15-10-16(23(27)25-20(15)14(13)2)8-9-24-22(26)17-11-18(28-3)21(30-5)19(12-17)29-4/h6-7,10-12H,8-9H2,1-5H3,(H,24,26)(H,25,27). The zero-order valence-corrected chi connectivity index (χ0v) is 17.8. The van der Waals surface area contributed by atoms with E-state index in [1.54, 1.807) is 12.1 Å². The number of aryl methyl sites for hydroxylation is 2. The highest BCUT2D eigenvalue weighted by Crippen LogP contribution is 2.38. The summed E-state index contributed by atoms with van der Waals surface area (Å²) in [5.41, 5.74) is 3.90. The largest absolute Gasteiger partial charge is 0.493 e. The molecule has 0 fully saturated rings. The van der Waals surface area contributed by atoms with E-state index in [1.165, 1.54) is 21.3 Å². The molecule has 30 heavy (non-hydrogen) atoms. The van der Waals surface area contributed by atoms with E-state index in [4.69, 9.17) is 14.2 Å². The normalized spacial score (nSPS) is 10.7. The molecule has 0 spiro atoms. The molecule has 0 aliphatic rings. The fourth-order valence-electron chi connectivity index (χ4n) is 3.38. The van der Waals surface area contributed by atoms with Crippen molar-refractivity contribution in [1.29, 1.82) is 0 Å². The van der Waals surface area contributed by atoms with Crippen molar-refractivity contribution in [2.24, 2.45) is 0 Å². The van der Waals surface area contributed by atoms with Gasteiger partial charge in [0.05, 0.1) is 26.8 Å². The molecule has 0 saturated carbocycles. The molecule has 7 heteroatoms. The minimum Gasteiger partial charge on any atom is -0.493 e. The molecule has 1 aromatic heterocycles. The van der Waals surface area contributed by atoms with E-state index in [1.807, 2.05) is 32.0 Å². The Bertz CT molecular complexity index is 1130. The maximum Gasteiger partial charge on any atom is 0.251 e. The van der Waals surface area contributed by atoms with Crippen LogP contribution < -0.4 is 25.1 Å². The fourth-order valence-corrected chi connectivity index (χ4v) is 3.38. The number of carbonyl (C=O) groups is 1. The third-order valence-corrected chi connectivity index (χ3v) is 5.23. The van der Waals surface area contributed by atoms with E-state index in [2.05, 4.69) is 10.3 Å². The number of nitrogens with one attached hydrogen (secondary N) is 2. The first-order valence-electron chi connectivity index (χ1n) is 9.60. The molecule has 2 aromatic carbocycles. The molecular weight excluding hydrogens is 384 g/mol. The van der Waals surface area contributed by atoms with E-state index in [-0.39, 0.29) is 11.5 Å². The Morgan fingerprint density at radius 3 is 2.27 bits per heavy atom. The van der Waals surface area contributed by atoms with Crippen molar-refractivity contribution in [2.75, 3.05) is 27.9 Å². The molecule has 0 saturated heterocycles. The second-order valence-corrected chi connectivity index (χ2v) is 7.02. The van der Waals surface area contributed by atoms with Crippen molar-refractivity contribution < 1.29 is 19.0 Å². The lowest BCUT2D eigenvalue weighted by atomic mass is 10.0. The Morgan fingerprint density at radius 2 is 1.67 bits per heavy atom. The van der Waals surface area contributed by atoms with Crippen molar-refractivity contribution in [3.05, 3.63) is 62.9 Å². The number of ether oxygens (including phenoxy) is 3. The third kappa shape index (κ3) is 4.10. The van der Waals surface area contributed by atoms with Gasteiger partial charge in [-0.2, -0.15) is 0 Å². The number of pyridine rings is 1. The van der Waals surface area contributed by atoms with E-state index in [0.717, 1.165) is 22.0 Å². The minimum atomic E-state index is -0.294. The summed E-state index contributed by atoms with van der Waals surface area (Å²) in [5, 5.41) is 3.82. The Hall–Kier alpha value is -3.48. The first kappa shape index (κ1) is 21.2. The number of methoxy groups -OCH3 is 3. The Labute approximate surface area is 175 Å². The van der Waals surface area contributed by atoms with Gasteiger partial charge in [-0.05, 0) is 55.0 Å². The summed E-state index contributed by atoms with van der Waals surface area (Å²) in [5.74, 6) is 0.931. The van der Waals surface area contributed by atoms with Gasteiger partial charge in [0.2, 0.25) is 5.75 Å². The minimum absolute atomic E-state index is 0.141. The van der Waals surface area contributed by atoms with Crippen LogP contribution in [0.1, 0.15) is 27.0 Å². The van der Waals surface area contributed by atoms with E-state index >= 15 is 0 Å². The topological polar surface area (TPSA) is 89.7 Å². The molecule has 0 bridgehead atoms.